The van der Waals surface area contributed by atoms with Crippen molar-refractivity contribution in [2.45, 2.75) is 96.5 Å². The van der Waals surface area contributed by atoms with E-state index >= 15 is 0 Å². The van der Waals surface area contributed by atoms with Crippen molar-refractivity contribution in [2.75, 3.05) is 31.1 Å². The van der Waals surface area contributed by atoms with Crippen LogP contribution in [0, 0.1) is 5.92 Å². The van der Waals surface area contributed by atoms with Gasteiger partial charge in [0.05, 0.1) is 6.04 Å². The van der Waals surface area contributed by atoms with Crippen molar-refractivity contribution in [3.05, 3.63) is 24.0 Å². The van der Waals surface area contributed by atoms with Crippen LogP contribution >= 0.6 is 0 Å². The molecule has 1 N–H and O–H groups in total. The van der Waals surface area contributed by atoms with Crippen LogP contribution in [0.3, 0.4) is 0 Å². The van der Waals surface area contributed by atoms with Crippen molar-refractivity contribution < 1.29 is 23.9 Å². The number of carbonyl (C=O) groups excluding carboxylic acids is 2. The van der Waals surface area contributed by atoms with Crippen LogP contribution < -0.4 is 10.4 Å². The standard InChI is InChI=1S/C28H43N5O5/c1-28(2,3)37-27(35)33(23-14-15-32(20-23)19-21-9-5-4-6-10-21)26-29-17-22(18-30-26)12-13-24(34)31-38-25-11-7-8-16-36-25/h12-13,17-18,21,23,25H,4-11,14-16,19-20H2,1-3H3,(H,31,34)/b13-12+/t23-,25?/m1/s1. The lowest BCUT2D eigenvalue weighted by molar-refractivity contribution is -0.198. The summed E-state index contributed by atoms with van der Waals surface area (Å²) in [6.07, 6.45) is 15.5. The summed E-state index contributed by atoms with van der Waals surface area (Å²) >= 11 is 0. The number of amides is 2. The van der Waals surface area contributed by atoms with Crippen molar-refractivity contribution in [3.63, 3.8) is 0 Å². The fraction of sp³-hybridized carbons (Fsp3) is 0.714. The number of anilines is 1. The van der Waals surface area contributed by atoms with Gasteiger partial charge < -0.3 is 14.4 Å². The third-order valence-electron chi connectivity index (χ3n) is 7.17. The van der Waals surface area contributed by atoms with Gasteiger partial charge in [0.1, 0.15) is 5.60 Å². The topological polar surface area (TPSA) is 106 Å². The zero-order valence-corrected chi connectivity index (χ0v) is 23.1. The average molecular weight is 530 g/mol. The number of hydrogen-bond donors (Lipinski definition) is 1. The smallest absolute Gasteiger partial charge is 0.417 e. The second kappa shape index (κ2) is 13.5. The molecule has 3 fully saturated rings. The number of aromatic nitrogens is 2. The van der Waals surface area contributed by atoms with Crippen molar-refractivity contribution >= 4 is 24.0 Å². The Morgan fingerprint density at radius 2 is 1.84 bits per heavy atom. The molecule has 2 atom stereocenters. The molecule has 1 saturated carbocycles. The molecular formula is C28H43N5O5. The molecule has 0 bridgehead atoms. The van der Waals surface area contributed by atoms with Crippen molar-refractivity contribution in [2.24, 2.45) is 5.92 Å². The van der Waals surface area contributed by atoms with Crippen molar-refractivity contribution in [1.82, 2.24) is 20.3 Å². The summed E-state index contributed by atoms with van der Waals surface area (Å²) in [7, 11) is 0. The predicted octanol–water partition coefficient (Wildman–Crippen LogP) is 4.46. The van der Waals surface area contributed by atoms with Crippen LogP contribution in [0.5, 0.6) is 0 Å². The maximum absolute atomic E-state index is 13.3. The van der Waals surface area contributed by atoms with Crippen molar-refractivity contribution in [3.8, 4) is 0 Å². The van der Waals surface area contributed by atoms with Gasteiger partial charge in [0.15, 0.2) is 6.29 Å². The summed E-state index contributed by atoms with van der Waals surface area (Å²) in [5.74, 6) is 0.656. The highest BCUT2D eigenvalue weighted by molar-refractivity contribution is 5.91. The Morgan fingerprint density at radius 1 is 1.11 bits per heavy atom. The van der Waals surface area contributed by atoms with Gasteiger partial charge in [-0.2, -0.15) is 0 Å². The van der Waals surface area contributed by atoms with Gasteiger partial charge in [-0.25, -0.2) is 30.0 Å². The molecule has 10 heteroatoms. The third-order valence-corrected chi connectivity index (χ3v) is 7.17. The Bertz CT molecular complexity index is 936. The molecule has 1 aromatic rings. The van der Waals surface area contributed by atoms with Gasteiger partial charge in [0.25, 0.3) is 5.91 Å². The summed E-state index contributed by atoms with van der Waals surface area (Å²) < 4.78 is 11.2. The lowest BCUT2D eigenvalue weighted by atomic mass is 9.89. The molecule has 1 aromatic heterocycles. The number of hydrogen-bond acceptors (Lipinski definition) is 8. The SMILES string of the molecule is CC(C)(C)OC(=O)N(c1ncc(/C=C/C(=O)NOC2CCCCO2)cn1)[C@@H]1CCN(CC2CCCCC2)C1. The zero-order valence-electron chi connectivity index (χ0n) is 23.1. The molecule has 2 saturated heterocycles. The van der Waals surface area contributed by atoms with E-state index in [9.17, 15) is 9.59 Å². The first-order chi connectivity index (χ1) is 18.3. The molecular weight excluding hydrogens is 486 g/mol. The van der Waals surface area contributed by atoms with Crippen LogP contribution in [0.15, 0.2) is 18.5 Å². The van der Waals surface area contributed by atoms with E-state index in [0.717, 1.165) is 51.2 Å². The Kier molecular flexibility index (Phi) is 10.1. The molecule has 0 spiro atoms. The number of ether oxygens (including phenoxy) is 2. The minimum absolute atomic E-state index is 0.0558. The molecule has 0 radical (unpaired) electrons. The molecule has 3 aliphatic rings. The van der Waals surface area contributed by atoms with Gasteiger partial charge in [-0.3, -0.25) is 4.79 Å². The van der Waals surface area contributed by atoms with E-state index in [-0.39, 0.29) is 6.04 Å². The number of hydroxylamine groups is 1. The molecule has 10 nitrogen and oxygen atoms in total. The number of nitrogens with one attached hydrogen (secondary N) is 1. The molecule has 2 amide bonds. The quantitative estimate of drug-likeness (QED) is 0.389. The molecule has 2 aliphatic heterocycles. The summed E-state index contributed by atoms with van der Waals surface area (Å²) in [6, 6.07) is -0.0558. The minimum atomic E-state index is -0.628. The van der Waals surface area contributed by atoms with E-state index in [4.69, 9.17) is 14.3 Å². The Morgan fingerprint density at radius 3 is 2.53 bits per heavy atom. The molecule has 38 heavy (non-hydrogen) atoms. The van der Waals surface area contributed by atoms with E-state index in [1.165, 1.54) is 38.2 Å². The molecule has 3 heterocycles. The summed E-state index contributed by atoms with van der Waals surface area (Å²) in [5.41, 5.74) is 2.40. The van der Waals surface area contributed by atoms with Crippen LogP contribution in [-0.4, -0.2) is 71.0 Å². The Labute approximate surface area is 226 Å². The maximum Gasteiger partial charge on any atom is 0.417 e. The van der Waals surface area contributed by atoms with E-state index in [0.29, 0.717) is 18.1 Å². The number of rotatable bonds is 8. The van der Waals surface area contributed by atoms with Crippen LogP contribution in [0.2, 0.25) is 0 Å². The van der Waals surface area contributed by atoms with Gasteiger partial charge >= 0.3 is 6.09 Å². The first-order valence-corrected chi connectivity index (χ1v) is 14.1. The van der Waals surface area contributed by atoms with Crippen LogP contribution in [-0.2, 0) is 19.1 Å². The molecule has 4 rings (SSSR count). The van der Waals surface area contributed by atoms with Gasteiger partial charge in [0, 0.05) is 56.7 Å². The normalized spacial score (nSPS) is 23.4. The van der Waals surface area contributed by atoms with E-state index in [2.05, 4.69) is 20.3 Å². The largest absolute Gasteiger partial charge is 0.443 e. The second-order valence-electron chi connectivity index (χ2n) is 11.6. The molecule has 0 aromatic carbocycles. The fourth-order valence-corrected chi connectivity index (χ4v) is 5.30. The number of nitrogens with zero attached hydrogens (tertiary/aromatic N) is 4. The van der Waals surface area contributed by atoms with E-state index in [1.807, 2.05) is 20.8 Å². The molecule has 1 unspecified atom stereocenters. The van der Waals surface area contributed by atoms with Gasteiger partial charge in [-0.1, -0.05) is 19.3 Å². The highest BCUT2D eigenvalue weighted by atomic mass is 16.8. The van der Waals surface area contributed by atoms with Gasteiger partial charge in [-0.15, -0.1) is 0 Å². The molecule has 1 aliphatic carbocycles. The Balaban J connectivity index is 1.37. The van der Waals surface area contributed by atoms with E-state index < -0.39 is 23.9 Å². The Hall–Kier alpha value is -2.56. The third kappa shape index (κ3) is 8.74. The maximum atomic E-state index is 13.3. The lowest BCUT2D eigenvalue weighted by Gasteiger charge is -2.31. The van der Waals surface area contributed by atoms with Crippen LogP contribution in [0.25, 0.3) is 6.08 Å². The number of carbonyl (C=O) groups is 2. The van der Waals surface area contributed by atoms with Crippen LogP contribution in [0.1, 0.15) is 84.1 Å². The minimum Gasteiger partial charge on any atom is -0.443 e. The fourth-order valence-electron chi connectivity index (χ4n) is 5.30. The molecule has 210 valence electrons. The first kappa shape index (κ1) is 28.4. The first-order valence-electron chi connectivity index (χ1n) is 14.1. The summed E-state index contributed by atoms with van der Waals surface area (Å²) in [6.45, 7) is 9.03. The van der Waals surface area contributed by atoms with Crippen molar-refractivity contribution in [1.29, 1.82) is 0 Å². The van der Waals surface area contributed by atoms with E-state index in [1.54, 1.807) is 23.4 Å². The summed E-state index contributed by atoms with van der Waals surface area (Å²) in [4.78, 5) is 43.7. The lowest BCUT2D eigenvalue weighted by Crippen LogP contribution is -2.46. The van der Waals surface area contributed by atoms with Crippen LogP contribution in [0.4, 0.5) is 10.7 Å². The monoisotopic (exact) mass is 529 g/mol. The number of likely N-dealkylation sites (tertiary alicyclic amines) is 1. The average Bonchev–Trinajstić information content (AvgIpc) is 3.35. The second-order valence-corrected chi connectivity index (χ2v) is 11.6. The zero-order chi connectivity index (χ0) is 27.0. The van der Waals surface area contributed by atoms with Gasteiger partial charge in [0.2, 0.25) is 5.95 Å². The summed E-state index contributed by atoms with van der Waals surface area (Å²) in [5, 5.41) is 0. The highest BCUT2D eigenvalue weighted by Gasteiger charge is 2.36. The highest BCUT2D eigenvalue weighted by Crippen LogP contribution is 2.28. The van der Waals surface area contributed by atoms with Gasteiger partial charge in [-0.05, 0) is 64.9 Å². The predicted molar refractivity (Wildman–Crippen MR) is 144 cm³/mol.